The van der Waals surface area contributed by atoms with Crippen molar-refractivity contribution < 1.29 is 12.3 Å². The van der Waals surface area contributed by atoms with Crippen molar-refractivity contribution in [3.05, 3.63) is 0 Å². The van der Waals surface area contributed by atoms with E-state index in [1.165, 1.54) is 0 Å². The molecule has 0 aromatic heterocycles. The van der Waals surface area contributed by atoms with E-state index in [2.05, 4.69) is 12.6 Å². The zero-order valence-electron chi connectivity index (χ0n) is 11.4. The smallest absolute Gasteiger partial charge is 0.0244 e. The average molecular weight is 99.2 g/mol. The van der Waals surface area contributed by atoms with E-state index in [9.17, 15) is 0 Å². The minimum atomic E-state index is -3.19. The van der Waals surface area contributed by atoms with Crippen LogP contribution in [0.1, 0.15) is 32.9 Å². The van der Waals surface area contributed by atoms with Crippen molar-refractivity contribution in [1.82, 2.24) is 0 Å². The molecule has 5 heavy (non-hydrogen) atoms. The first-order valence-corrected chi connectivity index (χ1v) is 1.42. The van der Waals surface area contributed by atoms with E-state index in [1.54, 1.807) is 0 Å². The second-order valence-electron chi connectivity index (χ2n) is 0.710. The quantitative estimate of drug-likeness (QED) is 0.439. The van der Waals surface area contributed by atoms with Crippen LogP contribution < -0.4 is 0 Å². The highest BCUT2D eigenvalue weighted by molar-refractivity contribution is 7.81. The number of hydrogen-bond acceptors (Lipinski definition) is 1. The van der Waals surface area contributed by atoms with Crippen molar-refractivity contribution in [2.24, 2.45) is 0 Å². The lowest BCUT2D eigenvalue weighted by atomic mass is 10.3. The van der Waals surface area contributed by atoms with E-state index < -0.39 is 25.3 Å². The third-order valence-electron chi connectivity index (χ3n) is 0. The van der Waals surface area contributed by atoms with Gasteiger partial charge in [-0.05, 0) is 0 Å². The van der Waals surface area contributed by atoms with Crippen LogP contribution in [0.15, 0.2) is 0 Å². The first kappa shape index (κ1) is 0.568. The molecule has 0 fully saturated rings. The Bertz CT molecular complexity index is 170. The van der Waals surface area contributed by atoms with Crippen molar-refractivity contribution in [2.45, 2.75) is 25.3 Å². The Kier molecular flexibility index (Phi) is 0.138. The fourth-order valence-corrected chi connectivity index (χ4v) is 0. The summed E-state index contributed by atoms with van der Waals surface area (Å²) in [6.45, 7) is -9.56. The summed E-state index contributed by atoms with van der Waals surface area (Å²) < 4.78 is 59.4. The molecule has 0 aliphatic carbocycles. The van der Waals surface area contributed by atoms with Crippen molar-refractivity contribution in [2.75, 3.05) is 0 Å². The monoisotopic (exact) mass is 99.1 g/mol. The molecule has 0 aromatic rings. The molecule has 0 unspecified atom stereocenters. The lowest BCUT2D eigenvalue weighted by Crippen LogP contribution is -1.99. The predicted molar refractivity (Wildman–Crippen MR) is 28.7 cm³/mol. The molecule has 0 aliphatic heterocycles. The van der Waals surface area contributed by atoms with Gasteiger partial charge in [0, 0.05) is 17.1 Å². The minimum absolute atomic E-state index is 2.99. The Balaban J connectivity index is 5.54. The third kappa shape index (κ3) is 196. The second kappa shape index (κ2) is 1.21. The molecule has 0 saturated heterocycles. The summed E-state index contributed by atoms with van der Waals surface area (Å²) in [5.41, 5.74) is 0. The summed E-state index contributed by atoms with van der Waals surface area (Å²) in [4.78, 5) is 0. The number of thiol groups is 1. The minimum Gasteiger partial charge on any atom is -0.173 e. The van der Waals surface area contributed by atoms with Gasteiger partial charge in [0.2, 0.25) is 0 Å². The SMILES string of the molecule is [2H]C([2H])([2H])C(S)(C([2H])([2H])[2H])C([2H])([2H])[2H]. The maximum Gasteiger partial charge on any atom is 0.0244 e. The van der Waals surface area contributed by atoms with Gasteiger partial charge < -0.3 is 0 Å². The summed E-state index contributed by atoms with van der Waals surface area (Å²) in [5, 5.41) is 0. The molecule has 0 rings (SSSR count). The molecule has 1 heteroatoms. The van der Waals surface area contributed by atoms with Crippen LogP contribution in [-0.2, 0) is 0 Å². The topological polar surface area (TPSA) is 0 Å². The van der Waals surface area contributed by atoms with Crippen LogP contribution in [0.2, 0.25) is 0 Å². The summed E-state index contributed by atoms with van der Waals surface area (Å²) in [6, 6.07) is 0. The highest BCUT2D eigenvalue weighted by Crippen LogP contribution is 2.07. The summed E-state index contributed by atoms with van der Waals surface area (Å²) in [7, 11) is 0. The van der Waals surface area contributed by atoms with Gasteiger partial charge >= 0.3 is 0 Å². The predicted octanol–water partition coefficient (Wildman–Crippen LogP) is 1.71. The van der Waals surface area contributed by atoms with Gasteiger partial charge in [-0.2, -0.15) is 12.6 Å². The molecule has 0 atom stereocenters. The highest BCUT2D eigenvalue weighted by Gasteiger charge is 1.96. The molecule has 0 aromatic carbocycles. The molecule has 0 N–H and O–H groups in total. The maximum absolute atomic E-state index is 6.93. The van der Waals surface area contributed by atoms with Crippen LogP contribution in [0.4, 0.5) is 0 Å². The van der Waals surface area contributed by atoms with E-state index in [-0.39, 0.29) is 0 Å². The number of rotatable bonds is 0. The number of hydrogen-bond donors (Lipinski definition) is 1. The van der Waals surface area contributed by atoms with Crippen molar-refractivity contribution >= 4 is 12.6 Å². The van der Waals surface area contributed by atoms with Crippen LogP contribution in [0.25, 0.3) is 0 Å². The Morgan fingerprint density at radius 2 is 2.00 bits per heavy atom. The third-order valence-corrected chi connectivity index (χ3v) is 0. The van der Waals surface area contributed by atoms with Crippen molar-refractivity contribution in [1.29, 1.82) is 0 Å². The summed E-state index contributed by atoms with van der Waals surface area (Å²) >= 11 is 3.37. The standard InChI is InChI=1S/C4H10S/c1-4(2,3)5/h5H,1-3H3/i1D3,2D3,3D3. The molecule has 0 amide bonds. The first-order valence-electron chi connectivity index (χ1n) is 5.47. The van der Waals surface area contributed by atoms with Crippen LogP contribution in [0, 0.1) is 0 Å². The lowest BCUT2D eigenvalue weighted by Gasteiger charge is -2.04. The molecular formula is C4H10S. The van der Waals surface area contributed by atoms with Gasteiger partial charge in [0.15, 0.2) is 0 Å². The fourth-order valence-electron chi connectivity index (χ4n) is 0. The van der Waals surface area contributed by atoms with Gasteiger partial charge in [0.05, 0.1) is 0 Å². The maximum atomic E-state index is 6.93. The van der Waals surface area contributed by atoms with Gasteiger partial charge in [0.25, 0.3) is 0 Å². The van der Waals surface area contributed by atoms with Crippen LogP contribution in [-0.4, -0.2) is 4.75 Å². The molecule has 0 nitrogen and oxygen atoms in total. The molecular weight excluding hydrogens is 80.1 g/mol. The van der Waals surface area contributed by atoms with Gasteiger partial charge in [-0.25, -0.2) is 0 Å². The van der Waals surface area contributed by atoms with Crippen molar-refractivity contribution in [3.63, 3.8) is 0 Å². The fraction of sp³-hybridized carbons (Fsp3) is 1.00. The summed E-state index contributed by atoms with van der Waals surface area (Å²) in [6.07, 6.45) is 0. The van der Waals surface area contributed by atoms with Crippen LogP contribution in [0.3, 0.4) is 0 Å². The summed E-state index contributed by atoms with van der Waals surface area (Å²) in [5.74, 6) is 0. The zero-order chi connectivity index (χ0) is 12.0. The lowest BCUT2D eigenvalue weighted by molar-refractivity contribution is 0.812. The van der Waals surface area contributed by atoms with Gasteiger partial charge in [0.1, 0.15) is 0 Å². The Morgan fingerprint density at radius 3 is 2.00 bits per heavy atom. The Morgan fingerprint density at radius 1 is 1.60 bits per heavy atom. The highest BCUT2D eigenvalue weighted by atomic mass is 32.1. The molecule has 0 bridgehead atoms. The van der Waals surface area contributed by atoms with E-state index in [0.717, 1.165) is 0 Å². The van der Waals surface area contributed by atoms with Gasteiger partial charge in [-0.15, -0.1) is 0 Å². The largest absolute Gasteiger partial charge is 0.173 e. The average Bonchev–Trinajstić information content (AvgIpc) is 1.77. The molecule has 0 heterocycles. The van der Waals surface area contributed by atoms with Gasteiger partial charge in [-0.1, -0.05) is 20.6 Å². The molecule has 32 valence electrons. The van der Waals surface area contributed by atoms with Crippen molar-refractivity contribution in [3.8, 4) is 0 Å². The van der Waals surface area contributed by atoms with E-state index in [1.807, 2.05) is 0 Å². The molecule has 0 spiro atoms. The van der Waals surface area contributed by atoms with E-state index in [0.29, 0.717) is 0 Å². The molecule has 0 radical (unpaired) electrons. The first-order chi connectivity index (χ1) is 5.75. The van der Waals surface area contributed by atoms with Gasteiger partial charge in [-0.3, -0.25) is 0 Å². The molecule has 0 saturated carbocycles. The Hall–Kier alpha value is 0.350. The van der Waals surface area contributed by atoms with Crippen LogP contribution in [0.5, 0.6) is 0 Å². The Labute approximate surface area is 51.6 Å². The molecule has 0 aliphatic rings. The normalized spacial score (nSPS) is 46.2. The second-order valence-corrected chi connectivity index (χ2v) is 1.38. The van der Waals surface area contributed by atoms with E-state index in [4.69, 9.17) is 12.3 Å². The zero-order valence-corrected chi connectivity index (χ0v) is 3.34. The van der Waals surface area contributed by atoms with E-state index >= 15 is 0 Å². The van der Waals surface area contributed by atoms with Crippen LogP contribution >= 0.6 is 12.6 Å².